The van der Waals surface area contributed by atoms with Crippen molar-refractivity contribution in [2.24, 2.45) is 0 Å². The number of carbonyl (C=O) groups is 2. The molecule has 0 radical (unpaired) electrons. The summed E-state index contributed by atoms with van der Waals surface area (Å²) in [5.41, 5.74) is 1.75. The van der Waals surface area contributed by atoms with Gasteiger partial charge in [-0.3, -0.25) is 9.59 Å². The van der Waals surface area contributed by atoms with Crippen LogP contribution in [0.25, 0.3) is 0 Å². The fourth-order valence-corrected chi connectivity index (χ4v) is 5.22. The quantitative estimate of drug-likeness (QED) is 0.411. The fraction of sp³-hybridized carbons (Fsp3) is 0.440. The molecule has 33 heavy (non-hydrogen) atoms. The number of thioether (sulfide) groups is 1. The molecule has 1 saturated carbocycles. The first kappa shape index (κ1) is 25.9. The molecule has 3 rings (SSSR count). The Morgan fingerprint density at radius 3 is 2.39 bits per heavy atom. The topological polar surface area (TPSA) is 49.4 Å². The van der Waals surface area contributed by atoms with Gasteiger partial charge in [0.15, 0.2) is 0 Å². The number of halogens is 3. The van der Waals surface area contributed by atoms with Gasteiger partial charge in [0, 0.05) is 18.3 Å². The lowest BCUT2D eigenvalue weighted by atomic mass is 10.1. The molecule has 0 aliphatic heterocycles. The van der Waals surface area contributed by atoms with Gasteiger partial charge in [-0.2, -0.15) is 0 Å². The average Bonchev–Trinajstić information content (AvgIpc) is 3.30. The second kappa shape index (κ2) is 12.6. The highest BCUT2D eigenvalue weighted by Crippen LogP contribution is 2.25. The van der Waals surface area contributed by atoms with E-state index in [2.05, 4.69) is 5.32 Å². The SMILES string of the molecule is CC[C@@H](C(=O)NC1CCCC1)N(Cc1ccc(F)cc1)C(=O)CSCc1ccc(Cl)c(Cl)c1. The Labute approximate surface area is 209 Å². The van der Waals surface area contributed by atoms with E-state index < -0.39 is 6.04 Å². The van der Waals surface area contributed by atoms with Gasteiger partial charge in [-0.05, 0) is 54.7 Å². The van der Waals surface area contributed by atoms with Gasteiger partial charge in [0.2, 0.25) is 11.8 Å². The van der Waals surface area contributed by atoms with Crippen molar-refractivity contribution < 1.29 is 14.0 Å². The zero-order valence-corrected chi connectivity index (χ0v) is 21.0. The molecule has 8 heteroatoms. The lowest BCUT2D eigenvalue weighted by Gasteiger charge is -2.31. The van der Waals surface area contributed by atoms with Crippen LogP contribution in [0.3, 0.4) is 0 Å². The van der Waals surface area contributed by atoms with Gasteiger partial charge in [0.05, 0.1) is 15.8 Å². The number of rotatable bonds is 10. The van der Waals surface area contributed by atoms with Gasteiger partial charge in [-0.25, -0.2) is 4.39 Å². The standard InChI is InChI=1S/C25H29Cl2FN2O2S/c1-2-23(25(32)29-20-5-3-4-6-20)30(14-17-7-10-19(28)11-8-17)24(31)16-33-15-18-9-12-21(26)22(27)13-18/h7-13,20,23H,2-6,14-16H2,1H3,(H,29,32)/t23-/m0/s1. The molecule has 1 atom stereocenters. The normalized spacial score (nSPS) is 14.8. The Bertz CT molecular complexity index is 952. The van der Waals surface area contributed by atoms with Crippen LogP contribution >= 0.6 is 35.0 Å². The Kier molecular flexibility index (Phi) is 9.90. The second-order valence-electron chi connectivity index (χ2n) is 8.30. The van der Waals surface area contributed by atoms with Gasteiger partial charge in [-0.15, -0.1) is 11.8 Å². The summed E-state index contributed by atoms with van der Waals surface area (Å²) in [6.45, 7) is 2.16. The first-order valence-corrected chi connectivity index (χ1v) is 13.1. The van der Waals surface area contributed by atoms with E-state index in [0.29, 0.717) is 22.2 Å². The average molecular weight is 511 g/mol. The molecule has 1 N–H and O–H groups in total. The molecule has 178 valence electrons. The van der Waals surface area contributed by atoms with Gasteiger partial charge >= 0.3 is 0 Å². The lowest BCUT2D eigenvalue weighted by Crippen LogP contribution is -2.51. The maximum Gasteiger partial charge on any atom is 0.243 e. The minimum Gasteiger partial charge on any atom is -0.352 e. The molecule has 0 bridgehead atoms. The summed E-state index contributed by atoms with van der Waals surface area (Å²) in [7, 11) is 0. The number of nitrogens with zero attached hydrogens (tertiary/aromatic N) is 1. The van der Waals surface area contributed by atoms with Crippen LogP contribution in [-0.2, 0) is 21.9 Å². The molecule has 0 heterocycles. The highest BCUT2D eigenvalue weighted by atomic mass is 35.5. The largest absolute Gasteiger partial charge is 0.352 e. The number of benzene rings is 2. The van der Waals surface area contributed by atoms with E-state index in [0.717, 1.165) is 36.8 Å². The molecule has 0 saturated heterocycles. The summed E-state index contributed by atoms with van der Waals surface area (Å²) >= 11 is 13.5. The van der Waals surface area contributed by atoms with Gasteiger partial charge in [0.25, 0.3) is 0 Å². The first-order valence-electron chi connectivity index (χ1n) is 11.2. The molecule has 4 nitrogen and oxygen atoms in total. The van der Waals surface area contributed by atoms with Crippen molar-refractivity contribution in [1.29, 1.82) is 0 Å². The van der Waals surface area contributed by atoms with Crippen molar-refractivity contribution in [3.8, 4) is 0 Å². The molecule has 2 amide bonds. The molecule has 1 fully saturated rings. The van der Waals surface area contributed by atoms with Crippen LogP contribution in [-0.4, -0.2) is 34.6 Å². The van der Waals surface area contributed by atoms with E-state index in [-0.39, 0.29) is 36.0 Å². The van der Waals surface area contributed by atoms with E-state index >= 15 is 0 Å². The summed E-state index contributed by atoms with van der Waals surface area (Å²) in [5, 5.41) is 4.10. The zero-order valence-electron chi connectivity index (χ0n) is 18.7. The van der Waals surface area contributed by atoms with Crippen LogP contribution in [0, 0.1) is 5.82 Å². The van der Waals surface area contributed by atoms with E-state index in [1.165, 1.54) is 23.9 Å². The van der Waals surface area contributed by atoms with Crippen molar-refractivity contribution >= 4 is 46.8 Å². The van der Waals surface area contributed by atoms with Crippen LogP contribution in [0.1, 0.15) is 50.2 Å². The Hall–Kier alpha value is -1.76. The van der Waals surface area contributed by atoms with E-state index in [4.69, 9.17) is 23.2 Å². The second-order valence-corrected chi connectivity index (χ2v) is 10.1. The van der Waals surface area contributed by atoms with Crippen molar-refractivity contribution in [1.82, 2.24) is 10.2 Å². The van der Waals surface area contributed by atoms with Crippen LogP contribution in [0.2, 0.25) is 10.0 Å². The van der Waals surface area contributed by atoms with Crippen molar-refractivity contribution in [3.05, 3.63) is 69.5 Å². The summed E-state index contributed by atoms with van der Waals surface area (Å²) in [6.07, 6.45) is 4.70. The molecule has 1 aliphatic carbocycles. The van der Waals surface area contributed by atoms with E-state index in [1.54, 1.807) is 29.2 Å². The summed E-state index contributed by atoms with van der Waals surface area (Å²) in [6, 6.07) is 11.1. The van der Waals surface area contributed by atoms with E-state index in [9.17, 15) is 14.0 Å². The van der Waals surface area contributed by atoms with Gasteiger partial charge in [-0.1, -0.05) is 61.2 Å². The van der Waals surface area contributed by atoms with Gasteiger partial charge in [0.1, 0.15) is 11.9 Å². The molecule has 2 aromatic rings. The molecule has 2 aromatic carbocycles. The third-order valence-corrected chi connectivity index (χ3v) is 7.56. The highest BCUT2D eigenvalue weighted by Gasteiger charge is 2.30. The number of amides is 2. The smallest absolute Gasteiger partial charge is 0.243 e. The number of hydrogen-bond donors (Lipinski definition) is 1. The Morgan fingerprint density at radius 1 is 1.09 bits per heavy atom. The number of carbonyl (C=O) groups excluding carboxylic acids is 2. The molecule has 0 aromatic heterocycles. The molecular formula is C25H29Cl2FN2O2S. The van der Waals surface area contributed by atoms with Crippen molar-refractivity contribution in [2.75, 3.05) is 5.75 Å². The predicted molar refractivity (Wildman–Crippen MR) is 134 cm³/mol. The number of hydrogen-bond acceptors (Lipinski definition) is 3. The van der Waals surface area contributed by atoms with Crippen LogP contribution in [0.5, 0.6) is 0 Å². The van der Waals surface area contributed by atoms with Crippen molar-refractivity contribution in [2.45, 2.75) is 63.4 Å². The zero-order chi connectivity index (χ0) is 23.8. The summed E-state index contributed by atoms with van der Waals surface area (Å²) in [5.74, 6) is 0.235. The molecule has 0 unspecified atom stereocenters. The minimum atomic E-state index is -0.575. The third kappa shape index (κ3) is 7.62. The minimum absolute atomic E-state index is 0.116. The van der Waals surface area contributed by atoms with Crippen molar-refractivity contribution in [3.63, 3.8) is 0 Å². The summed E-state index contributed by atoms with van der Waals surface area (Å²) in [4.78, 5) is 28.0. The molecule has 0 spiro atoms. The molecule has 1 aliphatic rings. The lowest BCUT2D eigenvalue weighted by molar-refractivity contribution is -0.139. The Balaban J connectivity index is 1.69. The predicted octanol–water partition coefficient (Wildman–Crippen LogP) is 6.23. The number of nitrogens with one attached hydrogen (secondary N) is 1. The monoisotopic (exact) mass is 510 g/mol. The van der Waals surface area contributed by atoms with Crippen LogP contribution in [0.15, 0.2) is 42.5 Å². The highest BCUT2D eigenvalue weighted by molar-refractivity contribution is 7.99. The fourth-order valence-electron chi connectivity index (χ4n) is 4.04. The van der Waals surface area contributed by atoms with Crippen LogP contribution in [0.4, 0.5) is 4.39 Å². The molecular weight excluding hydrogens is 482 g/mol. The third-order valence-electron chi connectivity index (χ3n) is 5.83. The summed E-state index contributed by atoms with van der Waals surface area (Å²) < 4.78 is 13.4. The maximum atomic E-state index is 13.4. The Morgan fingerprint density at radius 2 is 1.76 bits per heavy atom. The first-order chi connectivity index (χ1) is 15.9. The van der Waals surface area contributed by atoms with E-state index in [1.807, 2.05) is 13.0 Å². The maximum absolute atomic E-state index is 13.4. The van der Waals surface area contributed by atoms with Gasteiger partial charge < -0.3 is 10.2 Å². The van der Waals surface area contributed by atoms with Crippen LogP contribution < -0.4 is 5.32 Å².